The topological polar surface area (TPSA) is 153 Å². The molecule has 1 unspecified atom stereocenters. The van der Waals surface area contributed by atoms with E-state index in [0.29, 0.717) is 28.0 Å². The molecule has 1 heterocycles. The first-order chi connectivity index (χ1) is 19.2. The Morgan fingerprint density at radius 3 is 2.24 bits per heavy atom. The SMILES string of the molecule is COC(=O)[C@@H]1Cc2cc(O)c(OC)c(c2)-c2cc(ccc2OC)[C@H](N(C)C(=O)OC(C)(C)C)C(=O)NC(C)C(=O)N1. The van der Waals surface area contributed by atoms with Crippen molar-refractivity contribution in [1.82, 2.24) is 15.5 Å². The Kier molecular flexibility index (Phi) is 9.36. The minimum Gasteiger partial charge on any atom is -0.504 e. The van der Waals surface area contributed by atoms with Crippen molar-refractivity contribution >= 4 is 23.9 Å². The van der Waals surface area contributed by atoms with E-state index in [4.69, 9.17) is 18.9 Å². The van der Waals surface area contributed by atoms with E-state index < -0.39 is 47.6 Å². The molecule has 0 spiro atoms. The lowest BCUT2D eigenvalue weighted by atomic mass is 9.93. The molecule has 4 bridgehead atoms. The molecule has 41 heavy (non-hydrogen) atoms. The third kappa shape index (κ3) is 7.00. The first-order valence-corrected chi connectivity index (χ1v) is 12.9. The number of methoxy groups -OCH3 is 3. The summed E-state index contributed by atoms with van der Waals surface area (Å²) < 4.78 is 21.5. The van der Waals surface area contributed by atoms with Gasteiger partial charge in [-0.3, -0.25) is 14.5 Å². The van der Waals surface area contributed by atoms with E-state index in [2.05, 4.69) is 10.6 Å². The largest absolute Gasteiger partial charge is 0.504 e. The van der Waals surface area contributed by atoms with Gasteiger partial charge in [0, 0.05) is 24.6 Å². The molecular weight excluding hydrogens is 534 g/mol. The number of phenols is 1. The van der Waals surface area contributed by atoms with Crippen LogP contribution in [0, 0.1) is 0 Å². The molecule has 3 atom stereocenters. The minimum atomic E-state index is -1.24. The van der Waals surface area contributed by atoms with Gasteiger partial charge in [0.05, 0.1) is 21.3 Å². The Bertz CT molecular complexity index is 1340. The van der Waals surface area contributed by atoms with Gasteiger partial charge >= 0.3 is 12.1 Å². The molecule has 0 saturated carbocycles. The van der Waals surface area contributed by atoms with Gasteiger partial charge in [-0.25, -0.2) is 9.59 Å². The number of nitrogens with zero attached hydrogens (tertiary/aromatic N) is 1. The van der Waals surface area contributed by atoms with Crippen LogP contribution in [0.5, 0.6) is 17.2 Å². The van der Waals surface area contributed by atoms with Crippen LogP contribution in [0.15, 0.2) is 30.3 Å². The van der Waals surface area contributed by atoms with Crippen LogP contribution < -0.4 is 20.1 Å². The Morgan fingerprint density at radius 2 is 1.66 bits per heavy atom. The van der Waals surface area contributed by atoms with Gasteiger partial charge in [-0.2, -0.15) is 0 Å². The van der Waals surface area contributed by atoms with Crippen LogP contribution in [0.2, 0.25) is 0 Å². The van der Waals surface area contributed by atoms with E-state index in [1.165, 1.54) is 41.4 Å². The second-order valence-corrected chi connectivity index (χ2v) is 10.7. The van der Waals surface area contributed by atoms with Crippen molar-refractivity contribution in [2.75, 3.05) is 28.4 Å². The van der Waals surface area contributed by atoms with Gasteiger partial charge in [0.15, 0.2) is 11.5 Å². The number of esters is 1. The van der Waals surface area contributed by atoms with Crippen molar-refractivity contribution in [3.05, 3.63) is 41.5 Å². The van der Waals surface area contributed by atoms with Crippen LogP contribution in [0.1, 0.15) is 44.9 Å². The number of fused-ring (bicyclic) bond motifs is 5. The fraction of sp³-hybridized carbons (Fsp3) is 0.448. The number of carbonyl (C=O) groups is 4. The Morgan fingerprint density at radius 1 is 0.976 bits per heavy atom. The summed E-state index contributed by atoms with van der Waals surface area (Å²) in [5, 5.41) is 16.1. The first kappa shape index (κ1) is 31.1. The number of carbonyl (C=O) groups excluding carboxylic acids is 4. The van der Waals surface area contributed by atoms with Crippen molar-refractivity contribution < 1.29 is 43.2 Å². The number of hydrogen-bond donors (Lipinski definition) is 3. The molecule has 1 aliphatic rings. The highest BCUT2D eigenvalue weighted by Crippen LogP contribution is 2.44. The van der Waals surface area contributed by atoms with Gasteiger partial charge in [0.1, 0.15) is 29.5 Å². The highest BCUT2D eigenvalue weighted by molar-refractivity contribution is 5.94. The number of nitrogens with one attached hydrogen (secondary N) is 2. The van der Waals surface area contributed by atoms with Gasteiger partial charge in [-0.15, -0.1) is 0 Å². The molecule has 0 aromatic heterocycles. The second kappa shape index (κ2) is 12.4. The average molecular weight is 572 g/mol. The average Bonchev–Trinajstić information content (AvgIpc) is 2.90. The van der Waals surface area contributed by atoms with Crippen LogP contribution in [0.3, 0.4) is 0 Å². The molecule has 2 aromatic rings. The number of phenolic OH excluding ortho intramolecular Hbond substituents is 1. The number of likely N-dealkylation sites (N-methyl/N-ethyl adjacent to an activating group) is 1. The van der Waals surface area contributed by atoms with Crippen molar-refractivity contribution in [2.24, 2.45) is 0 Å². The summed E-state index contributed by atoms with van der Waals surface area (Å²) in [5.74, 6) is -1.76. The quantitative estimate of drug-likeness (QED) is 0.470. The summed E-state index contributed by atoms with van der Waals surface area (Å²) >= 11 is 0. The summed E-state index contributed by atoms with van der Waals surface area (Å²) in [4.78, 5) is 53.6. The summed E-state index contributed by atoms with van der Waals surface area (Å²) in [5.41, 5.74) is 0.850. The normalized spacial score (nSPS) is 19.2. The van der Waals surface area contributed by atoms with Crippen LogP contribution in [-0.4, -0.2) is 79.9 Å². The summed E-state index contributed by atoms with van der Waals surface area (Å²) in [6, 6.07) is 4.52. The predicted molar refractivity (Wildman–Crippen MR) is 149 cm³/mol. The van der Waals surface area contributed by atoms with Crippen LogP contribution in [-0.2, 0) is 30.3 Å². The number of hydrogen-bond acceptors (Lipinski definition) is 9. The van der Waals surface area contributed by atoms with E-state index in [0.717, 1.165) is 4.90 Å². The van der Waals surface area contributed by atoms with Crippen molar-refractivity contribution in [1.29, 1.82) is 0 Å². The zero-order chi connectivity index (χ0) is 30.6. The maximum Gasteiger partial charge on any atom is 0.410 e. The lowest BCUT2D eigenvalue weighted by Gasteiger charge is -2.31. The molecule has 2 aromatic carbocycles. The van der Waals surface area contributed by atoms with Crippen molar-refractivity contribution in [2.45, 2.75) is 57.8 Å². The molecule has 3 rings (SSSR count). The molecule has 12 heteroatoms. The number of aromatic hydroxyl groups is 1. The highest BCUT2D eigenvalue weighted by Gasteiger charge is 2.35. The molecule has 12 nitrogen and oxygen atoms in total. The lowest BCUT2D eigenvalue weighted by Crippen LogP contribution is -2.53. The van der Waals surface area contributed by atoms with Gasteiger partial charge in [0.2, 0.25) is 11.8 Å². The van der Waals surface area contributed by atoms with Crippen LogP contribution in [0.4, 0.5) is 4.79 Å². The molecule has 0 radical (unpaired) electrons. The van der Waals surface area contributed by atoms with E-state index >= 15 is 0 Å². The molecule has 0 saturated heterocycles. The molecule has 3 amide bonds. The molecule has 222 valence electrons. The number of amides is 3. The monoisotopic (exact) mass is 571 g/mol. The molecular formula is C29H37N3O9. The van der Waals surface area contributed by atoms with E-state index in [9.17, 15) is 24.3 Å². The Labute approximate surface area is 238 Å². The second-order valence-electron chi connectivity index (χ2n) is 10.7. The molecule has 0 fully saturated rings. The van der Waals surface area contributed by atoms with Gasteiger partial charge in [-0.1, -0.05) is 6.07 Å². The Hall–Kier alpha value is -4.48. The molecule has 3 N–H and O–H groups in total. The smallest absolute Gasteiger partial charge is 0.410 e. The maximum absolute atomic E-state index is 13.7. The number of benzene rings is 2. The van der Waals surface area contributed by atoms with Crippen molar-refractivity contribution in [3.8, 4) is 28.4 Å². The zero-order valence-corrected chi connectivity index (χ0v) is 24.5. The summed E-state index contributed by atoms with van der Waals surface area (Å²) in [6.07, 6.45) is -0.799. The Balaban J connectivity index is 2.31. The molecule has 1 aliphatic heterocycles. The van der Waals surface area contributed by atoms with Crippen LogP contribution >= 0.6 is 0 Å². The fourth-order valence-electron chi connectivity index (χ4n) is 4.53. The predicted octanol–water partition coefficient (Wildman–Crippen LogP) is 2.70. The van der Waals surface area contributed by atoms with Gasteiger partial charge in [0.25, 0.3) is 0 Å². The van der Waals surface area contributed by atoms with Crippen molar-refractivity contribution in [3.63, 3.8) is 0 Å². The number of ether oxygens (including phenoxy) is 4. The van der Waals surface area contributed by atoms with Crippen LogP contribution in [0.25, 0.3) is 11.1 Å². The first-order valence-electron chi connectivity index (χ1n) is 12.9. The third-order valence-corrected chi connectivity index (χ3v) is 6.47. The lowest BCUT2D eigenvalue weighted by molar-refractivity contribution is -0.145. The highest BCUT2D eigenvalue weighted by atomic mass is 16.6. The van der Waals surface area contributed by atoms with Gasteiger partial charge in [-0.05, 0) is 63.1 Å². The maximum atomic E-state index is 13.7. The van der Waals surface area contributed by atoms with E-state index in [1.807, 2.05) is 0 Å². The van der Waals surface area contributed by atoms with Gasteiger partial charge < -0.3 is 34.7 Å². The number of rotatable bonds is 4. The van der Waals surface area contributed by atoms with E-state index in [1.54, 1.807) is 45.0 Å². The fourth-order valence-corrected chi connectivity index (χ4v) is 4.53. The van der Waals surface area contributed by atoms with E-state index in [-0.39, 0.29) is 17.9 Å². The zero-order valence-electron chi connectivity index (χ0n) is 24.5. The summed E-state index contributed by atoms with van der Waals surface area (Å²) in [7, 11) is 5.46. The minimum absolute atomic E-state index is 0.0321. The standard InChI is InChI=1S/C29H37N3O9/c1-15-25(34)31-20(27(36)40-8)12-16-11-19(24(39-7)21(33)13-16)18-14-17(9-10-22(18)38-6)23(26(35)30-15)32(5)28(37)41-29(2,3)4/h9-11,13-15,20,23,33H,12H2,1-8H3,(H,30,35)(H,31,34)/t15?,20-,23-/m0/s1. The summed E-state index contributed by atoms with van der Waals surface area (Å²) in [6.45, 7) is 6.56. The third-order valence-electron chi connectivity index (χ3n) is 6.47. The molecule has 0 aliphatic carbocycles.